The molecule has 0 radical (unpaired) electrons. The van der Waals surface area contributed by atoms with E-state index in [9.17, 15) is 8.42 Å². The maximum atomic E-state index is 11.8. The van der Waals surface area contributed by atoms with Crippen LogP contribution < -0.4 is 15.0 Å². The van der Waals surface area contributed by atoms with Gasteiger partial charge in [-0.3, -0.25) is 0 Å². The molecule has 7 nitrogen and oxygen atoms in total. The van der Waals surface area contributed by atoms with Gasteiger partial charge in [0.1, 0.15) is 11.6 Å². The van der Waals surface area contributed by atoms with Gasteiger partial charge < -0.3 is 15.0 Å². The van der Waals surface area contributed by atoms with Gasteiger partial charge in [-0.15, -0.1) is 0 Å². The van der Waals surface area contributed by atoms with Gasteiger partial charge in [-0.25, -0.2) is 13.4 Å². The number of hydrogen-bond donors (Lipinski definition) is 1. The third kappa shape index (κ3) is 4.07. The highest BCUT2D eigenvalue weighted by molar-refractivity contribution is 7.91. The van der Waals surface area contributed by atoms with Gasteiger partial charge in [0, 0.05) is 24.8 Å². The van der Waals surface area contributed by atoms with Crippen LogP contribution in [0.1, 0.15) is 17.7 Å². The van der Waals surface area contributed by atoms with Crippen LogP contribution >= 0.6 is 0 Å². The molecule has 0 amide bonds. The average Bonchev–Trinajstić information content (AvgIpc) is 2.94. The van der Waals surface area contributed by atoms with E-state index in [0.29, 0.717) is 23.9 Å². The van der Waals surface area contributed by atoms with Gasteiger partial charge in [0.25, 0.3) is 0 Å². The first-order chi connectivity index (χ1) is 12.3. The molecule has 0 bridgehead atoms. The van der Waals surface area contributed by atoms with Crippen LogP contribution in [0, 0.1) is 13.8 Å². The number of ether oxygens (including phenoxy) is 1. The zero-order valence-electron chi connectivity index (χ0n) is 15.5. The molecule has 3 rings (SSSR count). The molecule has 1 aromatic heterocycles. The van der Waals surface area contributed by atoms with E-state index in [4.69, 9.17) is 4.74 Å². The average molecular weight is 376 g/mol. The fourth-order valence-electron chi connectivity index (χ4n) is 3.10. The lowest BCUT2D eigenvalue weighted by Gasteiger charge is -2.25. The fraction of sp³-hybridized carbons (Fsp3) is 0.444. The molecule has 1 aliphatic heterocycles. The van der Waals surface area contributed by atoms with Crippen molar-refractivity contribution in [2.75, 3.05) is 35.9 Å². The van der Waals surface area contributed by atoms with Gasteiger partial charge in [-0.1, -0.05) is 6.07 Å². The Morgan fingerprint density at radius 1 is 1.23 bits per heavy atom. The van der Waals surface area contributed by atoms with Crippen LogP contribution in [0.5, 0.6) is 5.75 Å². The van der Waals surface area contributed by atoms with Crippen LogP contribution in [0.4, 0.5) is 17.5 Å². The summed E-state index contributed by atoms with van der Waals surface area (Å²) in [4.78, 5) is 11.0. The maximum Gasteiger partial charge on any atom is 0.229 e. The van der Waals surface area contributed by atoms with E-state index in [1.54, 1.807) is 7.11 Å². The number of sulfone groups is 1. The Kier molecular flexibility index (Phi) is 5.04. The Morgan fingerprint density at radius 2 is 2.00 bits per heavy atom. The summed E-state index contributed by atoms with van der Waals surface area (Å²) in [5.41, 5.74) is 2.68. The molecule has 140 valence electrons. The van der Waals surface area contributed by atoms with Crippen molar-refractivity contribution >= 4 is 27.3 Å². The number of aromatic nitrogens is 2. The number of rotatable bonds is 5. The van der Waals surface area contributed by atoms with Crippen molar-refractivity contribution < 1.29 is 13.2 Å². The smallest absolute Gasteiger partial charge is 0.229 e. The van der Waals surface area contributed by atoms with E-state index in [-0.39, 0.29) is 17.5 Å². The summed E-state index contributed by atoms with van der Waals surface area (Å²) < 4.78 is 28.9. The van der Waals surface area contributed by atoms with Crippen LogP contribution in [-0.4, -0.2) is 50.1 Å². The van der Waals surface area contributed by atoms with Gasteiger partial charge in [-0.2, -0.15) is 4.98 Å². The Morgan fingerprint density at radius 3 is 2.65 bits per heavy atom. The van der Waals surface area contributed by atoms with Crippen molar-refractivity contribution in [3.8, 4) is 5.75 Å². The molecule has 1 aliphatic rings. The number of methoxy groups -OCH3 is 1. The molecular formula is C18H24N4O3S. The molecular weight excluding hydrogens is 352 g/mol. The zero-order chi connectivity index (χ0) is 18.9. The normalized spacial score (nSPS) is 18.5. The van der Waals surface area contributed by atoms with E-state index in [0.717, 1.165) is 16.9 Å². The highest BCUT2D eigenvalue weighted by Crippen LogP contribution is 2.29. The van der Waals surface area contributed by atoms with E-state index in [2.05, 4.69) is 15.3 Å². The van der Waals surface area contributed by atoms with Crippen LogP contribution in [0.3, 0.4) is 0 Å². The first kappa shape index (κ1) is 18.4. The molecule has 2 heterocycles. The minimum atomic E-state index is -2.95. The van der Waals surface area contributed by atoms with Crippen molar-refractivity contribution in [3.05, 3.63) is 35.5 Å². The second kappa shape index (κ2) is 7.11. The van der Waals surface area contributed by atoms with Crippen LogP contribution in [0.2, 0.25) is 0 Å². The number of aryl methyl sites for hydroxylation is 2. The predicted octanol–water partition coefficient (Wildman–Crippen LogP) is 2.47. The Hall–Kier alpha value is -2.35. The first-order valence-electron chi connectivity index (χ1n) is 8.48. The maximum absolute atomic E-state index is 11.8. The summed E-state index contributed by atoms with van der Waals surface area (Å²) in [7, 11) is 0.549. The highest BCUT2D eigenvalue weighted by Gasteiger charge is 2.31. The molecule has 1 atom stereocenters. The number of anilines is 3. The van der Waals surface area contributed by atoms with E-state index < -0.39 is 9.84 Å². The third-order valence-corrected chi connectivity index (χ3v) is 6.31. The summed E-state index contributed by atoms with van der Waals surface area (Å²) in [6.07, 6.45) is 0.621. The third-order valence-electron chi connectivity index (χ3n) is 4.56. The summed E-state index contributed by atoms with van der Waals surface area (Å²) in [5, 5.41) is 3.22. The number of nitrogens with one attached hydrogen (secondary N) is 1. The molecule has 1 aromatic carbocycles. The molecule has 1 unspecified atom stereocenters. The molecule has 2 aromatic rings. The minimum absolute atomic E-state index is 0.0596. The van der Waals surface area contributed by atoms with E-state index >= 15 is 0 Å². The van der Waals surface area contributed by atoms with Crippen molar-refractivity contribution in [2.45, 2.75) is 26.3 Å². The molecule has 1 fully saturated rings. The quantitative estimate of drug-likeness (QED) is 0.858. The molecule has 1 saturated heterocycles. The fourth-order valence-corrected chi connectivity index (χ4v) is 4.87. The summed E-state index contributed by atoms with van der Waals surface area (Å²) >= 11 is 0. The second-order valence-corrected chi connectivity index (χ2v) is 8.92. The molecule has 1 N–H and O–H groups in total. The summed E-state index contributed by atoms with van der Waals surface area (Å²) in [6.45, 7) is 3.89. The van der Waals surface area contributed by atoms with Crippen LogP contribution in [-0.2, 0) is 9.84 Å². The van der Waals surface area contributed by atoms with Crippen molar-refractivity contribution in [2.24, 2.45) is 0 Å². The lowest BCUT2D eigenvalue weighted by Crippen LogP contribution is -2.33. The minimum Gasteiger partial charge on any atom is -0.495 e. The Labute approximate surface area is 154 Å². The van der Waals surface area contributed by atoms with Crippen LogP contribution in [0.15, 0.2) is 24.3 Å². The molecule has 26 heavy (non-hydrogen) atoms. The number of hydrogen-bond acceptors (Lipinski definition) is 7. The van der Waals surface area contributed by atoms with Crippen molar-refractivity contribution in [1.82, 2.24) is 9.97 Å². The largest absolute Gasteiger partial charge is 0.495 e. The highest BCUT2D eigenvalue weighted by atomic mass is 32.2. The molecule has 0 aliphatic carbocycles. The van der Waals surface area contributed by atoms with Crippen LogP contribution in [0.25, 0.3) is 0 Å². The summed E-state index contributed by atoms with van der Waals surface area (Å²) in [6, 6.07) is 7.64. The molecule has 0 spiro atoms. The lowest BCUT2D eigenvalue weighted by molar-refractivity contribution is 0.416. The van der Waals surface area contributed by atoms with Gasteiger partial charge in [0.2, 0.25) is 5.95 Å². The predicted molar refractivity (Wildman–Crippen MR) is 103 cm³/mol. The number of nitrogens with zero attached hydrogens (tertiary/aromatic N) is 3. The zero-order valence-corrected chi connectivity index (χ0v) is 16.3. The van der Waals surface area contributed by atoms with Gasteiger partial charge in [0.15, 0.2) is 9.84 Å². The molecule has 8 heteroatoms. The Balaban J connectivity index is 1.88. The second-order valence-electron chi connectivity index (χ2n) is 6.69. The first-order valence-corrected chi connectivity index (χ1v) is 10.3. The van der Waals surface area contributed by atoms with Crippen molar-refractivity contribution in [3.63, 3.8) is 0 Å². The van der Waals surface area contributed by atoms with Crippen molar-refractivity contribution in [1.29, 1.82) is 0 Å². The molecule has 0 saturated carbocycles. The number of benzene rings is 1. The monoisotopic (exact) mass is 376 g/mol. The lowest BCUT2D eigenvalue weighted by atomic mass is 10.2. The standard InChI is InChI=1S/C18H24N4O3S/c1-12-5-6-16(25-4)15(9-12)20-18-19-13(2)10-17(21-18)22(3)14-7-8-26(23,24)11-14/h5-6,9-10,14H,7-8,11H2,1-4H3,(H,19,20,21). The topological polar surface area (TPSA) is 84.4 Å². The Bertz CT molecular complexity index is 915. The van der Waals surface area contributed by atoms with Gasteiger partial charge in [0.05, 0.1) is 24.3 Å². The van der Waals surface area contributed by atoms with E-state index in [1.807, 2.05) is 50.1 Å². The van der Waals surface area contributed by atoms with E-state index in [1.165, 1.54) is 0 Å². The SMILES string of the molecule is COc1ccc(C)cc1Nc1nc(C)cc(N(C)C2CCS(=O)(=O)C2)n1. The summed E-state index contributed by atoms with van der Waals surface area (Å²) in [5.74, 6) is 2.27. The van der Waals surface area contributed by atoms with Gasteiger partial charge >= 0.3 is 0 Å². The van der Waals surface area contributed by atoms with Gasteiger partial charge in [-0.05, 0) is 38.0 Å².